The highest BCUT2D eigenvalue weighted by Gasteiger charge is 1.85. The molecule has 0 aromatic rings. The smallest absolute Gasteiger partial charge is 0.0351 e. The first kappa shape index (κ1) is 15.7. The first-order valence-corrected chi connectivity index (χ1v) is 5.56. The predicted octanol–water partition coefficient (Wildman–Crippen LogP) is 5.28. The Morgan fingerprint density at radius 3 is 1.92 bits per heavy atom. The van der Waals surface area contributed by atoms with Gasteiger partial charge in [0.2, 0.25) is 0 Å². The lowest BCUT2D eigenvalue weighted by Crippen LogP contribution is -1.75. The maximum Gasteiger partial charge on any atom is -0.0351 e. The summed E-state index contributed by atoms with van der Waals surface area (Å²) in [6.45, 7) is 4.49. The SMILES string of the molecule is Br.CCCC=CCCCCCCC. The van der Waals surface area contributed by atoms with Gasteiger partial charge < -0.3 is 0 Å². The van der Waals surface area contributed by atoms with Gasteiger partial charge in [0, 0.05) is 0 Å². The van der Waals surface area contributed by atoms with E-state index < -0.39 is 0 Å². The van der Waals surface area contributed by atoms with Crippen molar-refractivity contribution in [2.24, 2.45) is 0 Å². The van der Waals surface area contributed by atoms with Crippen molar-refractivity contribution in [2.75, 3.05) is 0 Å². The minimum atomic E-state index is 0. The molecule has 0 aliphatic rings. The molecule has 0 heterocycles. The Kier molecular flexibility index (Phi) is 17.8. The minimum absolute atomic E-state index is 0. The van der Waals surface area contributed by atoms with Crippen LogP contribution in [0.1, 0.15) is 65.2 Å². The number of rotatable bonds is 8. The Labute approximate surface area is 94.6 Å². The fourth-order valence-electron chi connectivity index (χ4n) is 1.27. The van der Waals surface area contributed by atoms with Crippen LogP contribution in [0.25, 0.3) is 0 Å². The van der Waals surface area contributed by atoms with Gasteiger partial charge in [0.25, 0.3) is 0 Å². The lowest BCUT2D eigenvalue weighted by molar-refractivity contribution is 0.637. The average molecular weight is 249 g/mol. The zero-order chi connectivity index (χ0) is 9.07. The minimum Gasteiger partial charge on any atom is -0.114 e. The van der Waals surface area contributed by atoms with Gasteiger partial charge in [-0.05, 0) is 19.3 Å². The van der Waals surface area contributed by atoms with E-state index in [2.05, 4.69) is 26.0 Å². The molecule has 0 saturated heterocycles. The van der Waals surface area contributed by atoms with Gasteiger partial charge in [0.05, 0.1) is 0 Å². The molecule has 0 unspecified atom stereocenters. The van der Waals surface area contributed by atoms with Crippen molar-refractivity contribution in [3.8, 4) is 0 Å². The number of hydrogen-bond acceptors (Lipinski definition) is 0. The highest BCUT2D eigenvalue weighted by atomic mass is 79.9. The Morgan fingerprint density at radius 1 is 0.692 bits per heavy atom. The van der Waals surface area contributed by atoms with Crippen LogP contribution in [0, 0.1) is 0 Å². The number of halogens is 1. The summed E-state index contributed by atoms with van der Waals surface area (Å²) in [4.78, 5) is 0. The maximum absolute atomic E-state index is 2.34. The molecular formula is C12H25Br. The molecule has 0 aliphatic heterocycles. The Hall–Kier alpha value is 0.220. The second kappa shape index (κ2) is 14.7. The predicted molar refractivity (Wildman–Crippen MR) is 67.7 cm³/mol. The highest BCUT2D eigenvalue weighted by Crippen LogP contribution is 2.05. The maximum atomic E-state index is 2.34. The monoisotopic (exact) mass is 248 g/mol. The van der Waals surface area contributed by atoms with Crippen LogP contribution in [0.5, 0.6) is 0 Å². The average Bonchev–Trinajstić information content (AvgIpc) is 2.10. The Morgan fingerprint density at radius 2 is 1.31 bits per heavy atom. The molecular weight excluding hydrogens is 224 g/mol. The van der Waals surface area contributed by atoms with Crippen molar-refractivity contribution in [3.63, 3.8) is 0 Å². The molecule has 0 rings (SSSR count). The molecule has 0 aromatic carbocycles. The molecule has 0 atom stereocenters. The first-order chi connectivity index (χ1) is 5.91. The lowest BCUT2D eigenvalue weighted by atomic mass is 10.1. The summed E-state index contributed by atoms with van der Waals surface area (Å²) in [6, 6.07) is 0. The fraction of sp³-hybridized carbons (Fsp3) is 0.833. The van der Waals surface area contributed by atoms with Gasteiger partial charge in [0.15, 0.2) is 0 Å². The van der Waals surface area contributed by atoms with E-state index in [1.165, 1.54) is 51.4 Å². The number of unbranched alkanes of at least 4 members (excludes halogenated alkanes) is 6. The van der Waals surface area contributed by atoms with Crippen LogP contribution in [0.2, 0.25) is 0 Å². The van der Waals surface area contributed by atoms with Crippen molar-refractivity contribution in [1.82, 2.24) is 0 Å². The van der Waals surface area contributed by atoms with Gasteiger partial charge in [-0.1, -0.05) is 58.1 Å². The normalized spacial score (nSPS) is 10.3. The number of allylic oxidation sites excluding steroid dienone is 2. The standard InChI is InChI=1S/C12H24.BrH/c1-3-5-7-9-11-12-10-8-6-4-2;/h7,9H,3-6,8,10-12H2,1-2H3;1H. The summed E-state index contributed by atoms with van der Waals surface area (Å²) in [5.74, 6) is 0. The van der Waals surface area contributed by atoms with Crippen molar-refractivity contribution in [1.29, 1.82) is 0 Å². The molecule has 0 bridgehead atoms. The van der Waals surface area contributed by atoms with Crippen LogP contribution in [0.15, 0.2) is 12.2 Å². The summed E-state index contributed by atoms with van der Waals surface area (Å²) in [5, 5.41) is 0. The second-order valence-corrected chi connectivity index (χ2v) is 3.46. The van der Waals surface area contributed by atoms with Crippen LogP contribution in [-0.2, 0) is 0 Å². The van der Waals surface area contributed by atoms with E-state index in [1.54, 1.807) is 0 Å². The van der Waals surface area contributed by atoms with E-state index in [-0.39, 0.29) is 17.0 Å². The van der Waals surface area contributed by atoms with Gasteiger partial charge in [-0.2, -0.15) is 0 Å². The molecule has 0 amide bonds. The summed E-state index contributed by atoms with van der Waals surface area (Å²) in [6.07, 6.45) is 15.5. The molecule has 0 radical (unpaired) electrons. The van der Waals surface area contributed by atoms with Crippen LogP contribution < -0.4 is 0 Å². The van der Waals surface area contributed by atoms with Gasteiger partial charge in [-0.3, -0.25) is 0 Å². The largest absolute Gasteiger partial charge is 0.114 e. The van der Waals surface area contributed by atoms with Gasteiger partial charge in [-0.25, -0.2) is 0 Å². The second-order valence-electron chi connectivity index (χ2n) is 3.46. The third kappa shape index (κ3) is 15.0. The molecule has 0 nitrogen and oxygen atoms in total. The molecule has 1 heteroatoms. The Balaban J connectivity index is 0. The van der Waals surface area contributed by atoms with E-state index in [9.17, 15) is 0 Å². The molecule has 0 aromatic heterocycles. The van der Waals surface area contributed by atoms with Gasteiger partial charge >= 0.3 is 0 Å². The molecule has 0 N–H and O–H groups in total. The number of hydrogen-bond donors (Lipinski definition) is 0. The van der Waals surface area contributed by atoms with Crippen molar-refractivity contribution in [3.05, 3.63) is 12.2 Å². The highest BCUT2D eigenvalue weighted by molar-refractivity contribution is 8.93. The van der Waals surface area contributed by atoms with Crippen LogP contribution in [0.4, 0.5) is 0 Å². The van der Waals surface area contributed by atoms with E-state index in [4.69, 9.17) is 0 Å². The summed E-state index contributed by atoms with van der Waals surface area (Å²) in [7, 11) is 0. The third-order valence-corrected chi connectivity index (χ3v) is 2.10. The molecule has 13 heavy (non-hydrogen) atoms. The third-order valence-electron chi connectivity index (χ3n) is 2.10. The van der Waals surface area contributed by atoms with Crippen LogP contribution >= 0.6 is 17.0 Å². The fourth-order valence-corrected chi connectivity index (χ4v) is 1.27. The van der Waals surface area contributed by atoms with Crippen molar-refractivity contribution >= 4 is 17.0 Å². The van der Waals surface area contributed by atoms with E-state index >= 15 is 0 Å². The summed E-state index contributed by atoms with van der Waals surface area (Å²) >= 11 is 0. The quantitative estimate of drug-likeness (QED) is 0.405. The van der Waals surface area contributed by atoms with E-state index in [0.717, 1.165) is 0 Å². The topological polar surface area (TPSA) is 0 Å². The van der Waals surface area contributed by atoms with Gasteiger partial charge in [0.1, 0.15) is 0 Å². The van der Waals surface area contributed by atoms with Gasteiger partial charge in [-0.15, -0.1) is 17.0 Å². The molecule has 80 valence electrons. The summed E-state index contributed by atoms with van der Waals surface area (Å²) < 4.78 is 0. The summed E-state index contributed by atoms with van der Waals surface area (Å²) in [5.41, 5.74) is 0. The molecule has 0 saturated carbocycles. The first-order valence-electron chi connectivity index (χ1n) is 5.56. The van der Waals surface area contributed by atoms with Crippen LogP contribution in [0.3, 0.4) is 0 Å². The Bertz CT molecular complexity index is 97.3. The molecule has 0 fully saturated rings. The zero-order valence-corrected chi connectivity index (χ0v) is 10.9. The molecule has 0 aliphatic carbocycles. The van der Waals surface area contributed by atoms with E-state index in [0.29, 0.717) is 0 Å². The molecule has 0 spiro atoms. The lowest BCUT2D eigenvalue weighted by Gasteiger charge is -1.95. The zero-order valence-electron chi connectivity index (χ0n) is 9.22. The van der Waals surface area contributed by atoms with Crippen molar-refractivity contribution in [2.45, 2.75) is 65.2 Å². The van der Waals surface area contributed by atoms with Crippen LogP contribution in [-0.4, -0.2) is 0 Å². The van der Waals surface area contributed by atoms with E-state index in [1.807, 2.05) is 0 Å². The van der Waals surface area contributed by atoms with Crippen molar-refractivity contribution < 1.29 is 0 Å².